The molecule has 26 heavy (non-hydrogen) atoms. The van der Waals surface area contributed by atoms with Crippen molar-refractivity contribution in [1.29, 1.82) is 0 Å². The minimum Gasteiger partial charge on any atom is -0.383 e. The van der Waals surface area contributed by atoms with Crippen LogP contribution in [0.1, 0.15) is 15.9 Å². The molecule has 0 unspecified atom stereocenters. The van der Waals surface area contributed by atoms with Crippen molar-refractivity contribution in [2.75, 3.05) is 11.1 Å². The SMILES string of the molecule is Cc1cccc(C(=O)Nc2ccc(-c3csc4ncnc(N)c34)cc2)c1. The van der Waals surface area contributed by atoms with E-state index in [9.17, 15) is 4.79 Å². The van der Waals surface area contributed by atoms with E-state index in [4.69, 9.17) is 5.73 Å². The number of carbonyl (C=O) groups excluding carboxylic acids is 1. The number of carbonyl (C=O) groups is 1. The number of nitrogens with one attached hydrogen (secondary N) is 1. The van der Waals surface area contributed by atoms with E-state index in [-0.39, 0.29) is 5.91 Å². The van der Waals surface area contributed by atoms with Crippen LogP contribution in [0.3, 0.4) is 0 Å². The number of anilines is 2. The van der Waals surface area contributed by atoms with Gasteiger partial charge >= 0.3 is 0 Å². The zero-order valence-corrected chi connectivity index (χ0v) is 14.9. The Morgan fingerprint density at radius 1 is 1.12 bits per heavy atom. The zero-order chi connectivity index (χ0) is 18.1. The van der Waals surface area contributed by atoms with Crippen LogP contribution in [0.2, 0.25) is 0 Å². The molecule has 2 aromatic heterocycles. The molecule has 0 fully saturated rings. The smallest absolute Gasteiger partial charge is 0.255 e. The Morgan fingerprint density at radius 2 is 1.92 bits per heavy atom. The molecule has 1 amide bonds. The van der Waals surface area contributed by atoms with Gasteiger partial charge in [0.05, 0.1) is 5.39 Å². The highest BCUT2D eigenvalue weighted by Gasteiger charge is 2.12. The molecule has 0 aliphatic heterocycles. The maximum atomic E-state index is 12.4. The first kappa shape index (κ1) is 16.2. The summed E-state index contributed by atoms with van der Waals surface area (Å²) in [5.74, 6) is 0.350. The van der Waals surface area contributed by atoms with E-state index in [0.717, 1.165) is 32.6 Å². The van der Waals surface area contributed by atoms with E-state index in [2.05, 4.69) is 15.3 Å². The van der Waals surface area contributed by atoms with Crippen LogP contribution in [0.5, 0.6) is 0 Å². The van der Waals surface area contributed by atoms with Crippen LogP contribution in [0.4, 0.5) is 11.5 Å². The number of nitrogens with zero attached hydrogens (tertiary/aromatic N) is 2. The lowest BCUT2D eigenvalue weighted by Gasteiger charge is -2.07. The van der Waals surface area contributed by atoms with Crippen molar-refractivity contribution in [2.24, 2.45) is 0 Å². The summed E-state index contributed by atoms with van der Waals surface area (Å²) < 4.78 is 0. The molecule has 2 aromatic carbocycles. The van der Waals surface area contributed by atoms with Crippen LogP contribution in [-0.4, -0.2) is 15.9 Å². The fourth-order valence-electron chi connectivity index (χ4n) is 2.83. The molecule has 0 aliphatic carbocycles. The fourth-order valence-corrected chi connectivity index (χ4v) is 3.76. The molecule has 4 rings (SSSR count). The van der Waals surface area contributed by atoms with Gasteiger partial charge in [-0.1, -0.05) is 29.8 Å². The predicted molar refractivity (Wildman–Crippen MR) is 106 cm³/mol. The van der Waals surface area contributed by atoms with E-state index >= 15 is 0 Å². The minimum atomic E-state index is -0.125. The molecule has 5 nitrogen and oxygen atoms in total. The Balaban J connectivity index is 1.60. The Hall–Kier alpha value is -3.25. The highest BCUT2D eigenvalue weighted by Crippen LogP contribution is 2.35. The van der Waals surface area contributed by atoms with E-state index in [0.29, 0.717) is 11.4 Å². The Morgan fingerprint density at radius 3 is 2.69 bits per heavy atom. The summed E-state index contributed by atoms with van der Waals surface area (Å²) in [7, 11) is 0. The van der Waals surface area contributed by atoms with Gasteiger partial charge in [0.1, 0.15) is 17.0 Å². The lowest BCUT2D eigenvalue weighted by molar-refractivity contribution is 0.102. The van der Waals surface area contributed by atoms with E-state index in [1.165, 1.54) is 17.7 Å². The van der Waals surface area contributed by atoms with Crippen molar-refractivity contribution >= 4 is 39.0 Å². The van der Waals surface area contributed by atoms with Crippen molar-refractivity contribution in [3.8, 4) is 11.1 Å². The van der Waals surface area contributed by atoms with E-state index < -0.39 is 0 Å². The molecule has 4 aromatic rings. The summed E-state index contributed by atoms with van der Waals surface area (Å²) in [6.45, 7) is 1.96. The topological polar surface area (TPSA) is 80.9 Å². The maximum Gasteiger partial charge on any atom is 0.255 e. The summed E-state index contributed by atoms with van der Waals surface area (Å²) in [4.78, 5) is 21.6. The molecular weight excluding hydrogens is 344 g/mol. The Labute approximate surface area is 154 Å². The summed E-state index contributed by atoms with van der Waals surface area (Å²) >= 11 is 1.54. The van der Waals surface area contributed by atoms with Gasteiger partial charge in [0.15, 0.2) is 0 Å². The van der Waals surface area contributed by atoms with Gasteiger partial charge < -0.3 is 11.1 Å². The van der Waals surface area contributed by atoms with Crippen LogP contribution in [0.15, 0.2) is 60.2 Å². The summed E-state index contributed by atoms with van der Waals surface area (Å²) in [6.07, 6.45) is 1.47. The summed E-state index contributed by atoms with van der Waals surface area (Å²) in [6, 6.07) is 15.2. The van der Waals surface area contributed by atoms with Gasteiger partial charge in [-0.15, -0.1) is 11.3 Å². The highest BCUT2D eigenvalue weighted by atomic mass is 32.1. The average molecular weight is 360 g/mol. The van der Waals surface area contributed by atoms with Gasteiger partial charge in [-0.3, -0.25) is 4.79 Å². The molecule has 3 N–H and O–H groups in total. The summed E-state index contributed by atoms with van der Waals surface area (Å²) in [5, 5.41) is 5.81. The first-order chi connectivity index (χ1) is 12.6. The normalized spacial score (nSPS) is 10.8. The number of aromatic nitrogens is 2. The first-order valence-electron chi connectivity index (χ1n) is 8.08. The van der Waals surface area contributed by atoms with Gasteiger partial charge in [-0.2, -0.15) is 0 Å². The Kier molecular flexibility index (Phi) is 4.10. The third-order valence-corrected chi connectivity index (χ3v) is 5.02. The number of aryl methyl sites for hydroxylation is 1. The fraction of sp³-hybridized carbons (Fsp3) is 0.0500. The van der Waals surface area contributed by atoms with Gasteiger partial charge in [-0.05, 0) is 36.8 Å². The van der Waals surface area contributed by atoms with Crippen LogP contribution in [0, 0.1) is 6.92 Å². The van der Waals surface area contributed by atoms with Gasteiger partial charge in [0.2, 0.25) is 0 Å². The van der Waals surface area contributed by atoms with Gasteiger partial charge in [0.25, 0.3) is 5.91 Å². The van der Waals surface area contributed by atoms with Crippen molar-refractivity contribution in [2.45, 2.75) is 6.92 Å². The lowest BCUT2D eigenvalue weighted by Crippen LogP contribution is -2.11. The number of amides is 1. The molecule has 0 radical (unpaired) electrons. The highest BCUT2D eigenvalue weighted by molar-refractivity contribution is 7.17. The maximum absolute atomic E-state index is 12.4. The second-order valence-corrected chi connectivity index (χ2v) is 6.85. The third kappa shape index (κ3) is 3.02. The molecule has 0 saturated carbocycles. The quantitative estimate of drug-likeness (QED) is 0.563. The number of thiophene rings is 1. The molecular formula is C20H16N4OS. The number of hydrogen-bond donors (Lipinski definition) is 2. The van der Waals surface area contributed by atoms with E-state index in [1.54, 1.807) is 6.07 Å². The standard InChI is InChI=1S/C20H16N4OS/c1-12-3-2-4-14(9-12)19(25)24-15-7-5-13(6-8-15)16-10-26-20-17(16)18(21)22-11-23-20/h2-11H,1H3,(H,24,25)(H2,21,22,23). The molecule has 0 saturated heterocycles. The van der Waals surface area contributed by atoms with Crippen LogP contribution >= 0.6 is 11.3 Å². The largest absolute Gasteiger partial charge is 0.383 e. The van der Waals surface area contributed by atoms with Gasteiger partial charge in [0, 0.05) is 22.2 Å². The monoisotopic (exact) mass is 360 g/mol. The van der Waals surface area contributed by atoms with E-state index in [1.807, 2.05) is 54.8 Å². The number of hydrogen-bond acceptors (Lipinski definition) is 5. The van der Waals surface area contributed by atoms with Crippen LogP contribution < -0.4 is 11.1 Å². The lowest BCUT2D eigenvalue weighted by atomic mass is 10.1. The zero-order valence-electron chi connectivity index (χ0n) is 14.1. The molecule has 128 valence electrons. The van der Waals surface area contributed by atoms with Crippen molar-refractivity contribution in [1.82, 2.24) is 9.97 Å². The predicted octanol–water partition coefficient (Wildman–Crippen LogP) is 4.50. The summed E-state index contributed by atoms with van der Waals surface area (Å²) in [5.41, 5.74) is 10.4. The molecule has 0 bridgehead atoms. The van der Waals surface area contributed by atoms with Crippen molar-refractivity contribution < 1.29 is 4.79 Å². The average Bonchev–Trinajstić information content (AvgIpc) is 3.08. The first-order valence-corrected chi connectivity index (χ1v) is 8.96. The number of fused-ring (bicyclic) bond motifs is 1. The number of rotatable bonds is 3. The number of nitrogens with two attached hydrogens (primary N) is 1. The molecule has 0 spiro atoms. The number of nitrogen functional groups attached to an aromatic ring is 1. The van der Waals surface area contributed by atoms with Crippen LogP contribution in [-0.2, 0) is 0 Å². The molecule has 6 heteroatoms. The Bertz CT molecular complexity index is 1100. The minimum absolute atomic E-state index is 0.125. The van der Waals surface area contributed by atoms with Crippen molar-refractivity contribution in [3.05, 3.63) is 71.4 Å². The van der Waals surface area contributed by atoms with Crippen LogP contribution in [0.25, 0.3) is 21.3 Å². The van der Waals surface area contributed by atoms with Crippen molar-refractivity contribution in [3.63, 3.8) is 0 Å². The van der Waals surface area contributed by atoms with Gasteiger partial charge in [-0.25, -0.2) is 9.97 Å². The third-order valence-electron chi connectivity index (χ3n) is 4.13. The molecule has 0 aliphatic rings. The number of benzene rings is 2. The molecule has 2 heterocycles. The second-order valence-electron chi connectivity index (χ2n) is 5.99. The second kappa shape index (κ2) is 6.57. The molecule has 0 atom stereocenters.